The van der Waals surface area contributed by atoms with Crippen molar-refractivity contribution in [3.63, 3.8) is 0 Å². The maximum atomic E-state index is 12.1. The highest BCUT2D eigenvalue weighted by Gasteiger charge is 2.09. The summed E-state index contributed by atoms with van der Waals surface area (Å²) in [5, 5.41) is 3.85. The molecule has 0 unspecified atom stereocenters. The van der Waals surface area contributed by atoms with Crippen LogP contribution in [0, 0.1) is 0 Å². The predicted octanol–water partition coefficient (Wildman–Crippen LogP) is 6.58. The van der Waals surface area contributed by atoms with Crippen molar-refractivity contribution in [2.75, 3.05) is 26.4 Å². The van der Waals surface area contributed by atoms with E-state index in [0.29, 0.717) is 37.6 Å². The summed E-state index contributed by atoms with van der Waals surface area (Å²) in [7, 11) is 0. The van der Waals surface area contributed by atoms with Gasteiger partial charge in [0.05, 0.1) is 24.3 Å². The number of esters is 2. The maximum absolute atomic E-state index is 12.1. The molecule has 0 spiro atoms. The highest BCUT2D eigenvalue weighted by molar-refractivity contribution is 5.96. The summed E-state index contributed by atoms with van der Waals surface area (Å²) in [4.78, 5) is 24.1. The minimum atomic E-state index is -0.306. The summed E-state index contributed by atoms with van der Waals surface area (Å²) in [5.74, 6) is 0.849. The Bertz CT molecular complexity index is 1260. The monoisotopic (exact) mass is 486 g/mol. The Morgan fingerprint density at radius 2 is 0.917 bits per heavy atom. The second kappa shape index (κ2) is 12.1. The van der Waals surface area contributed by atoms with Crippen LogP contribution in [0.4, 0.5) is 0 Å². The largest absolute Gasteiger partial charge is 0.490 e. The Labute approximate surface area is 210 Å². The fraction of sp³-hybridized carbons (Fsp3) is 0.267. The number of ether oxygens (including phenoxy) is 4. The first-order valence-electron chi connectivity index (χ1n) is 12.2. The van der Waals surface area contributed by atoms with Gasteiger partial charge in [0.25, 0.3) is 0 Å². The molecular weight excluding hydrogens is 456 g/mol. The van der Waals surface area contributed by atoms with Gasteiger partial charge in [0.15, 0.2) is 0 Å². The van der Waals surface area contributed by atoms with Crippen LogP contribution in [0.15, 0.2) is 72.8 Å². The van der Waals surface area contributed by atoms with Crippen LogP contribution in [0.2, 0.25) is 0 Å². The number of benzene rings is 4. The van der Waals surface area contributed by atoms with Gasteiger partial charge in [-0.15, -0.1) is 0 Å². The van der Waals surface area contributed by atoms with Gasteiger partial charge in [-0.25, -0.2) is 9.59 Å². The summed E-state index contributed by atoms with van der Waals surface area (Å²) in [6, 6.07) is 22.5. The molecule has 0 aliphatic carbocycles. The molecule has 4 rings (SSSR count). The van der Waals surface area contributed by atoms with Gasteiger partial charge in [0, 0.05) is 0 Å². The van der Waals surface area contributed by atoms with Crippen molar-refractivity contribution in [2.24, 2.45) is 0 Å². The lowest BCUT2D eigenvalue weighted by atomic mass is 10.1. The molecule has 0 amide bonds. The van der Waals surface area contributed by atoms with Crippen molar-refractivity contribution in [3.05, 3.63) is 83.9 Å². The van der Waals surface area contributed by atoms with E-state index < -0.39 is 0 Å². The molecule has 0 aliphatic heterocycles. The lowest BCUT2D eigenvalue weighted by molar-refractivity contribution is 0.0496. The van der Waals surface area contributed by atoms with Gasteiger partial charge in [-0.3, -0.25) is 0 Å². The number of hydrogen-bond acceptors (Lipinski definition) is 6. The van der Waals surface area contributed by atoms with Gasteiger partial charge >= 0.3 is 11.9 Å². The first-order chi connectivity index (χ1) is 17.6. The van der Waals surface area contributed by atoms with Crippen molar-refractivity contribution in [2.45, 2.75) is 26.7 Å². The molecule has 0 bridgehead atoms. The molecule has 186 valence electrons. The fourth-order valence-electron chi connectivity index (χ4n) is 3.76. The first kappa shape index (κ1) is 25.0. The minimum Gasteiger partial charge on any atom is -0.490 e. The highest BCUT2D eigenvalue weighted by atomic mass is 16.5. The number of carbonyl (C=O) groups excluding carboxylic acids is 2. The van der Waals surface area contributed by atoms with Crippen molar-refractivity contribution < 1.29 is 28.5 Å². The van der Waals surface area contributed by atoms with Gasteiger partial charge in [-0.1, -0.05) is 38.1 Å². The van der Waals surface area contributed by atoms with Crippen molar-refractivity contribution in [1.82, 2.24) is 0 Å². The molecular formula is C30H30O6. The first-order valence-corrected chi connectivity index (χ1v) is 12.2. The van der Waals surface area contributed by atoms with E-state index in [2.05, 4.69) is 0 Å². The molecule has 0 heterocycles. The Morgan fingerprint density at radius 1 is 0.528 bits per heavy atom. The average molecular weight is 487 g/mol. The van der Waals surface area contributed by atoms with E-state index in [4.69, 9.17) is 18.9 Å². The van der Waals surface area contributed by atoms with E-state index in [1.54, 1.807) is 12.1 Å². The van der Waals surface area contributed by atoms with Crippen LogP contribution in [0.25, 0.3) is 21.5 Å². The van der Waals surface area contributed by atoms with Crippen LogP contribution in [-0.2, 0) is 9.47 Å². The molecule has 0 radical (unpaired) electrons. The van der Waals surface area contributed by atoms with Crippen LogP contribution in [0.1, 0.15) is 47.4 Å². The summed E-state index contributed by atoms with van der Waals surface area (Å²) in [6.45, 7) is 5.53. The molecule has 6 heteroatoms. The second-order valence-electron chi connectivity index (χ2n) is 8.42. The highest BCUT2D eigenvalue weighted by Crippen LogP contribution is 2.24. The lowest BCUT2D eigenvalue weighted by Crippen LogP contribution is -2.09. The molecule has 4 aromatic rings. The predicted molar refractivity (Wildman–Crippen MR) is 140 cm³/mol. The van der Waals surface area contributed by atoms with Crippen molar-refractivity contribution in [1.29, 1.82) is 0 Å². The van der Waals surface area contributed by atoms with Gasteiger partial charge in [-0.05, 0) is 82.9 Å². The molecule has 0 saturated carbocycles. The molecule has 6 nitrogen and oxygen atoms in total. The standard InChI is InChI=1S/C30H30O6/c1-3-13-35-29(31)25-7-5-23-19-27(11-9-21(23)17-25)33-15-16-34-28-12-10-22-18-26(8-6-24(22)20-28)30(32)36-14-4-2/h5-12,17-20H,3-4,13-16H2,1-2H3. The average Bonchev–Trinajstić information content (AvgIpc) is 2.91. The van der Waals surface area contributed by atoms with Gasteiger partial charge in [-0.2, -0.15) is 0 Å². The van der Waals surface area contributed by atoms with Crippen LogP contribution < -0.4 is 9.47 Å². The van der Waals surface area contributed by atoms with Gasteiger partial charge < -0.3 is 18.9 Å². The quantitative estimate of drug-likeness (QED) is 0.176. The van der Waals surface area contributed by atoms with E-state index in [1.807, 2.05) is 74.5 Å². The van der Waals surface area contributed by atoms with Crippen LogP contribution in [0.5, 0.6) is 11.5 Å². The van der Waals surface area contributed by atoms with Crippen molar-refractivity contribution in [3.8, 4) is 11.5 Å². The van der Waals surface area contributed by atoms with Crippen LogP contribution >= 0.6 is 0 Å². The third kappa shape index (κ3) is 6.33. The summed E-state index contributed by atoms with van der Waals surface area (Å²) < 4.78 is 22.1. The third-order valence-electron chi connectivity index (χ3n) is 5.59. The molecule has 36 heavy (non-hydrogen) atoms. The number of carbonyl (C=O) groups is 2. The Kier molecular flexibility index (Phi) is 8.40. The Morgan fingerprint density at radius 3 is 1.33 bits per heavy atom. The minimum absolute atomic E-state index is 0.306. The Hall–Kier alpha value is -4.06. The number of fused-ring (bicyclic) bond motifs is 2. The zero-order valence-corrected chi connectivity index (χ0v) is 20.6. The molecule has 0 saturated heterocycles. The number of rotatable bonds is 11. The lowest BCUT2D eigenvalue weighted by Gasteiger charge is -2.11. The molecule has 0 atom stereocenters. The second-order valence-corrected chi connectivity index (χ2v) is 8.42. The summed E-state index contributed by atoms with van der Waals surface area (Å²) in [6.07, 6.45) is 1.59. The molecule has 0 N–H and O–H groups in total. The van der Waals surface area contributed by atoms with E-state index in [-0.39, 0.29) is 11.9 Å². The van der Waals surface area contributed by atoms with E-state index in [0.717, 1.165) is 45.9 Å². The Balaban J connectivity index is 1.31. The van der Waals surface area contributed by atoms with Crippen molar-refractivity contribution >= 4 is 33.5 Å². The number of hydrogen-bond donors (Lipinski definition) is 0. The molecule has 0 aromatic heterocycles. The van der Waals surface area contributed by atoms with E-state index in [9.17, 15) is 9.59 Å². The zero-order chi connectivity index (χ0) is 25.3. The summed E-state index contributed by atoms with van der Waals surface area (Å²) in [5.41, 5.74) is 1.09. The van der Waals surface area contributed by atoms with Crippen LogP contribution in [-0.4, -0.2) is 38.4 Å². The smallest absolute Gasteiger partial charge is 0.338 e. The third-order valence-corrected chi connectivity index (χ3v) is 5.59. The maximum Gasteiger partial charge on any atom is 0.338 e. The van der Waals surface area contributed by atoms with Crippen LogP contribution in [0.3, 0.4) is 0 Å². The van der Waals surface area contributed by atoms with Gasteiger partial charge in [0.2, 0.25) is 0 Å². The van der Waals surface area contributed by atoms with Gasteiger partial charge in [0.1, 0.15) is 24.7 Å². The SMILES string of the molecule is CCCOC(=O)c1ccc2cc(OCCOc3ccc4cc(C(=O)OCCC)ccc4c3)ccc2c1. The molecule has 0 fully saturated rings. The normalized spacial score (nSPS) is 10.8. The zero-order valence-electron chi connectivity index (χ0n) is 20.6. The summed E-state index contributed by atoms with van der Waals surface area (Å²) >= 11 is 0. The molecule has 0 aliphatic rings. The van der Waals surface area contributed by atoms with E-state index in [1.165, 1.54) is 0 Å². The topological polar surface area (TPSA) is 71.1 Å². The van der Waals surface area contributed by atoms with E-state index >= 15 is 0 Å². The molecule has 4 aromatic carbocycles. The fourth-order valence-corrected chi connectivity index (χ4v) is 3.76.